The zero-order valence-electron chi connectivity index (χ0n) is 9.92. The number of hydrogen-bond acceptors (Lipinski definition) is 1. The highest BCUT2D eigenvalue weighted by molar-refractivity contribution is 6.18. The van der Waals surface area contributed by atoms with Crippen LogP contribution in [0.25, 0.3) is 0 Å². The summed E-state index contributed by atoms with van der Waals surface area (Å²) in [6.07, 6.45) is 4.46. The van der Waals surface area contributed by atoms with Gasteiger partial charge in [-0.3, -0.25) is 4.79 Å². The van der Waals surface area contributed by atoms with E-state index < -0.39 is 0 Å². The van der Waals surface area contributed by atoms with E-state index in [9.17, 15) is 4.79 Å². The van der Waals surface area contributed by atoms with Crippen LogP contribution in [0.1, 0.15) is 41.6 Å². The number of alkyl halides is 2. The molecule has 94 valence electrons. The number of halogens is 2. The van der Waals surface area contributed by atoms with Crippen LogP contribution in [0.2, 0.25) is 0 Å². The van der Waals surface area contributed by atoms with Gasteiger partial charge in [0.25, 0.3) is 0 Å². The second kappa shape index (κ2) is 8.54. The summed E-state index contributed by atoms with van der Waals surface area (Å²) in [6, 6.07) is 7.88. The first-order valence-electron chi connectivity index (χ1n) is 6.02. The van der Waals surface area contributed by atoms with Crippen molar-refractivity contribution in [2.75, 3.05) is 11.8 Å². The van der Waals surface area contributed by atoms with Crippen LogP contribution >= 0.6 is 23.2 Å². The van der Waals surface area contributed by atoms with Crippen LogP contribution in [0.3, 0.4) is 0 Å². The van der Waals surface area contributed by atoms with Crippen molar-refractivity contribution in [3.63, 3.8) is 0 Å². The van der Waals surface area contributed by atoms with Crippen LogP contribution in [0.15, 0.2) is 24.3 Å². The summed E-state index contributed by atoms with van der Waals surface area (Å²) in [5.74, 6) is 1.44. The quantitative estimate of drug-likeness (QED) is 0.388. The van der Waals surface area contributed by atoms with Crippen molar-refractivity contribution >= 4 is 29.0 Å². The fourth-order valence-corrected chi connectivity index (χ4v) is 1.98. The third kappa shape index (κ3) is 5.56. The van der Waals surface area contributed by atoms with Gasteiger partial charge in [0.05, 0.1) is 0 Å². The lowest BCUT2D eigenvalue weighted by Crippen LogP contribution is -1.99. The molecule has 17 heavy (non-hydrogen) atoms. The molecule has 0 saturated heterocycles. The Morgan fingerprint density at radius 2 is 1.59 bits per heavy atom. The summed E-state index contributed by atoms with van der Waals surface area (Å²) in [5, 5.41) is 0. The summed E-state index contributed by atoms with van der Waals surface area (Å²) in [5.41, 5.74) is 2.06. The van der Waals surface area contributed by atoms with E-state index in [4.69, 9.17) is 23.2 Å². The second-order valence-electron chi connectivity index (χ2n) is 4.06. The average molecular weight is 273 g/mol. The third-order valence-electron chi connectivity index (χ3n) is 2.66. The minimum Gasteiger partial charge on any atom is -0.294 e. The maximum Gasteiger partial charge on any atom is 0.162 e. The second-order valence-corrected chi connectivity index (χ2v) is 4.81. The van der Waals surface area contributed by atoms with E-state index in [-0.39, 0.29) is 5.78 Å². The zero-order valence-corrected chi connectivity index (χ0v) is 11.4. The maximum atomic E-state index is 11.7. The minimum absolute atomic E-state index is 0.179. The molecule has 0 aliphatic carbocycles. The van der Waals surface area contributed by atoms with Gasteiger partial charge in [0.2, 0.25) is 0 Å². The van der Waals surface area contributed by atoms with E-state index in [0.29, 0.717) is 12.3 Å². The molecule has 0 aliphatic rings. The standard InChI is InChI=1S/C14H18Cl2O/c15-10-2-1-4-12-6-8-13(9-7-12)14(17)5-3-11-16/h6-9H,1-5,10-11H2. The number of benzene rings is 1. The highest BCUT2D eigenvalue weighted by Crippen LogP contribution is 2.11. The lowest BCUT2D eigenvalue weighted by Gasteiger charge is -2.03. The van der Waals surface area contributed by atoms with Gasteiger partial charge >= 0.3 is 0 Å². The molecule has 0 fully saturated rings. The van der Waals surface area contributed by atoms with Gasteiger partial charge in [-0.15, -0.1) is 23.2 Å². The van der Waals surface area contributed by atoms with Crippen LogP contribution in [0, 0.1) is 0 Å². The van der Waals surface area contributed by atoms with Crippen molar-refractivity contribution in [2.45, 2.75) is 32.1 Å². The molecule has 0 radical (unpaired) electrons. The predicted molar refractivity (Wildman–Crippen MR) is 74.4 cm³/mol. The molecule has 0 atom stereocenters. The Bertz CT molecular complexity index is 333. The molecule has 1 aromatic carbocycles. The first-order chi connectivity index (χ1) is 8.27. The van der Waals surface area contributed by atoms with Crippen molar-refractivity contribution in [3.8, 4) is 0 Å². The van der Waals surface area contributed by atoms with Gasteiger partial charge in [0.1, 0.15) is 0 Å². The van der Waals surface area contributed by atoms with Crippen LogP contribution in [-0.2, 0) is 6.42 Å². The summed E-state index contributed by atoms with van der Waals surface area (Å²) in [4.78, 5) is 11.7. The number of carbonyl (C=O) groups excluding carboxylic acids is 1. The topological polar surface area (TPSA) is 17.1 Å². The molecular weight excluding hydrogens is 255 g/mol. The third-order valence-corrected chi connectivity index (χ3v) is 3.20. The normalized spacial score (nSPS) is 10.5. The fourth-order valence-electron chi connectivity index (χ4n) is 1.65. The Balaban J connectivity index is 2.46. The Labute approximate surface area is 113 Å². The molecule has 0 bridgehead atoms. The zero-order chi connectivity index (χ0) is 12.5. The molecule has 1 nitrogen and oxygen atoms in total. The van der Waals surface area contributed by atoms with Crippen LogP contribution < -0.4 is 0 Å². The van der Waals surface area contributed by atoms with Gasteiger partial charge in [0, 0.05) is 23.7 Å². The number of carbonyl (C=O) groups is 1. The van der Waals surface area contributed by atoms with Gasteiger partial charge in [-0.2, -0.15) is 0 Å². The molecule has 3 heteroatoms. The van der Waals surface area contributed by atoms with E-state index in [1.165, 1.54) is 5.56 Å². The van der Waals surface area contributed by atoms with E-state index in [1.54, 1.807) is 0 Å². The van der Waals surface area contributed by atoms with Gasteiger partial charge in [-0.05, 0) is 31.2 Å². The van der Waals surface area contributed by atoms with E-state index in [0.717, 1.165) is 37.1 Å². The smallest absolute Gasteiger partial charge is 0.162 e. The Morgan fingerprint density at radius 3 is 2.18 bits per heavy atom. The maximum absolute atomic E-state index is 11.7. The van der Waals surface area contributed by atoms with E-state index in [1.807, 2.05) is 24.3 Å². The SMILES string of the molecule is O=C(CCCCl)c1ccc(CCCCCl)cc1. The van der Waals surface area contributed by atoms with Crippen molar-refractivity contribution in [1.82, 2.24) is 0 Å². The fraction of sp³-hybridized carbons (Fsp3) is 0.500. The molecule has 0 aliphatic heterocycles. The molecule has 0 N–H and O–H groups in total. The van der Waals surface area contributed by atoms with Gasteiger partial charge in [-0.25, -0.2) is 0 Å². The number of rotatable bonds is 8. The molecule has 0 amide bonds. The number of aryl methyl sites for hydroxylation is 1. The van der Waals surface area contributed by atoms with E-state index >= 15 is 0 Å². The summed E-state index contributed by atoms with van der Waals surface area (Å²) in [6.45, 7) is 0. The first-order valence-corrected chi connectivity index (χ1v) is 7.09. The lowest BCUT2D eigenvalue weighted by atomic mass is 10.0. The van der Waals surface area contributed by atoms with Crippen molar-refractivity contribution in [2.24, 2.45) is 0 Å². The van der Waals surface area contributed by atoms with Crippen molar-refractivity contribution in [1.29, 1.82) is 0 Å². The first kappa shape index (κ1) is 14.5. The molecule has 0 saturated carbocycles. The van der Waals surface area contributed by atoms with Gasteiger partial charge in [-0.1, -0.05) is 24.3 Å². The molecule has 0 aromatic heterocycles. The van der Waals surface area contributed by atoms with E-state index in [2.05, 4.69) is 0 Å². The Morgan fingerprint density at radius 1 is 0.941 bits per heavy atom. The average Bonchev–Trinajstić information content (AvgIpc) is 2.37. The van der Waals surface area contributed by atoms with Crippen LogP contribution in [-0.4, -0.2) is 17.5 Å². The van der Waals surface area contributed by atoms with Crippen LogP contribution in [0.5, 0.6) is 0 Å². The number of Topliss-reactive ketones (excluding diaryl/α,β-unsaturated/α-hetero) is 1. The largest absolute Gasteiger partial charge is 0.294 e. The van der Waals surface area contributed by atoms with Crippen molar-refractivity contribution in [3.05, 3.63) is 35.4 Å². The Hall–Kier alpha value is -0.530. The summed E-state index contributed by atoms with van der Waals surface area (Å²) in [7, 11) is 0. The van der Waals surface area contributed by atoms with Crippen LogP contribution in [0.4, 0.5) is 0 Å². The molecule has 1 aromatic rings. The van der Waals surface area contributed by atoms with Gasteiger partial charge in [0.15, 0.2) is 5.78 Å². The predicted octanol–water partition coefficient (Wildman–Crippen LogP) is 4.45. The molecule has 0 unspecified atom stereocenters. The summed E-state index contributed by atoms with van der Waals surface area (Å²) >= 11 is 11.2. The monoisotopic (exact) mass is 272 g/mol. The van der Waals surface area contributed by atoms with Crippen molar-refractivity contribution < 1.29 is 4.79 Å². The molecule has 0 spiro atoms. The summed E-state index contributed by atoms with van der Waals surface area (Å²) < 4.78 is 0. The number of hydrogen-bond donors (Lipinski definition) is 0. The highest BCUT2D eigenvalue weighted by Gasteiger charge is 2.04. The van der Waals surface area contributed by atoms with Gasteiger partial charge < -0.3 is 0 Å². The lowest BCUT2D eigenvalue weighted by molar-refractivity contribution is 0.0982. The molecule has 1 rings (SSSR count). The molecule has 0 heterocycles. The Kier molecular flexibility index (Phi) is 7.30. The number of ketones is 1. The highest BCUT2D eigenvalue weighted by atomic mass is 35.5. The number of unbranched alkanes of at least 4 members (excludes halogenated alkanes) is 1. The minimum atomic E-state index is 0.179. The molecular formula is C14H18Cl2O.